The van der Waals surface area contributed by atoms with Crippen molar-refractivity contribution in [3.63, 3.8) is 0 Å². The Kier molecular flexibility index (Phi) is 4.49. The van der Waals surface area contributed by atoms with Crippen molar-refractivity contribution >= 4 is 11.9 Å². The van der Waals surface area contributed by atoms with E-state index in [4.69, 9.17) is 0 Å². The van der Waals surface area contributed by atoms with Gasteiger partial charge in [-0.2, -0.15) is 13.2 Å². The molecule has 0 aliphatic heterocycles. The molecule has 0 spiro atoms. The Labute approximate surface area is 126 Å². The summed E-state index contributed by atoms with van der Waals surface area (Å²) in [5, 5.41) is 2.49. The number of benzene rings is 1. The standard InChI is InChI=1S/C16H16F3N3/c1-4-5-11-7-6-10(2)12(8-11)14-21-9-13(16(17,18)19)15(20-3)22-14/h4-9H,1-3H3,(H,20,21,22)/b5-4+. The van der Waals surface area contributed by atoms with Crippen LogP contribution in [-0.2, 0) is 6.18 Å². The van der Waals surface area contributed by atoms with Gasteiger partial charge < -0.3 is 5.32 Å². The zero-order chi connectivity index (χ0) is 16.3. The lowest BCUT2D eigenvalue weighted by molar-refractivity contribution is -0.137. The maximum atomic E-state index is 12.9. The van der Waals surface area contributed by atoms with E-state index in [0.717, 1.165) is 17.3 Å². The maximum absolute atomic E-state index is 12.9. The molecule has 0 radical (unpaired) electrons. The second-order valence-corrected chi connectivity index (χ2v) is 4.78. The van der Waals surface area contributed by atoms with Gasteiger partial charge in [0.2, 0.25) is 0 Å². The van der Waals surface area contributed by atoms with Gasteiger partial charge in [0.05, 0.1) is 0 Å². The summed E-state index contributed by atoms with van der Waals surface area (Å²) in [6, 6.07) is 5.68. The number of hydrogen-bond acceptors (Lipinski definition) is 3. The van der Waals surface area contributed by atoms with Gasteiger partial charge in [0.15, 0.2) is 5.82 Å². The van der Waals surface area contributed by atoms with Gasteiger partial charge in [0, 0.05) is 18.8 Å². The molecule has 116 valence electrons. The van der Waals surface area contributed by atoms with Crippen LogP contribution in [0.5, 0.6) is 0 Å². The third-order valence-corrected chi connectivity index (χ3v) is 3.19. The SMILES string of the molecule is C/C=C/c1ccc(C)c(-c2ncc(C(F)(F)F)c(NC)n2)c1. The van der Waals surface area contributed by atoms with E-state index in [2.05, 4.69) is 15.3 Å². The van der Waals surface area contributed by atoms with E-state index >= 15 is 0 Å². The van der Waals surface area contributed by atoms with Crippen LogP contribution in [0.25, 0.3) is 17.5 Å². The largest absolute Gasteiger partial charge is 0.421 e. The highest BCUT2D eigenvalue weighted by Gasteiger charge is 2.35. The molecule has 0 saturated carbocycles. The highest BCUT2D eigenvalue weighted by Crippen LogP contribution is 2.34. The van der Waals surface area contributed by atoms with Crippen molar-refractivity contribution in [3.8, 4) is 11.4 Å². The summed E-state index contributed by atoms with van der Waals surface area (Å²) in [6.45, 7) is 3.77. The van der Waals surface area contributed by atoms with E-state index in [1.54, 1.807) is 0 Å². The molecule has 6 heteroatoms. The van der Waals surface area contributed by atoms with Crippen LogP contribution in [0.15, 0.2) is 30.5 Å². The Morgan fingerprint density at radius 3 is 2.55 bits per heavy atom. The highest BCUT2D eigenvalue weighted by molar-refractivity contribution is 5.67. The minimum absolute atomic E-state index is 0.228. The molecular weight excluding hydrogens is 291 g/mol. The van der Waals surface area contributed by atoms with Gasteiger partial charge in [-0.3, -0.25) is 0 Å². The molecule has 0 amide bonds. The number of anilines is 1. The minimum atomic E-state index is -4.49. The van der Waals surface area contributed by atoms with Crippen LogP contribution >= 0.6 is 0 Å². The van der Waals surface area contributed by atoms with Crippen LogP contribution in [0, 0.1) is 6.92 Å². The summed E-state index contributed by atoms with van der Waals surface area (Å²) in [5.74, 6) is 0.0366. The number of rotatable bonds is 3. The Balaban J connectivity index is 2.56. The van der Waals surface area contributed by atoms with Crippen LogP contribution in [0.4, 0.5) is 19.0 Å². The molecule has 1 aromatic carbocycles. The molecule has 0 atom stereocenters. The van der Waals surface area contributed by atoms with Crippen LogP contribution < -0.4 is 5.32 Å². The third-order valence-electron chi connectivity index (χ3n) is 3.19. The normalized spacial score (nSPS) is 11.9. The van der Waals surface area contributed by atoms with Crippen LogP contribution in [0.1, 0.15) is 23.6 Å². The Morgan fingerprint density at radius 2 is 1.95 bits per heavy atom. The summed E-state index contributed by atoms with van der Waals surface area (Å²) in [4.78, 5) is 7.91. The van der Waals surface area contributed by atoms with E-state index in [1.807, 2.05) is 44.2 Å². The fraction of sp³-hybridized carbons (Fsp3) is 0.250. The maximum Gasteiger partial charge on any atom is 0.421 e. The van der Waals surface area contributed by atoms with Gasteiger partial charge in [-0.1, -0.05) is 24.3 Å². The number of halogens is 3. The van der Waals surface area contributed by atoms with Crippen molar-refractivity contribution in [3.05, 3.63) is 47.2 Å². The first kappa shape index (κ1) is 16.0. The van der Waals surface area contributed by atoms with Crippen molar-refractivity contribution in [1.29, 1.82) is 0 Å². The first-order chi connectivity index (χ1) is 10.4. The van der Waals surface area contributed by atoms with Gasteiger partial charge in [-0.25, -0.2) is 9.97 Å². The number of hydrogen-bond donors (Lipinski definition) is 1. The third kappa shape index (κ3) is 3.27. The van der Waals surface area contributed by atoms with Crippen molar-refractivity contribution in [2.45, 2.75) is 20.0 Å². The van der Waals surface area contributed by atoms with Crippen LogP contribution in [-0.4, -0.2) is 17.0 Å². The summed E-state index contributed by atoms with van der Waals surface area (Å²) >= 11 is 0. The van der Waals surface area contributed by atoms with Crippen molar-refractivity contribution in [1.82, 2.24) is 9.97 Å². The second-order valence-electron chi connectivity index (χ2n) is 4.78. The number of allylic oxidation sites excluding steroid dienone is 1. The lowest BCUT2D eigenvalue weighted by Gasteiger charge is -2.13. The fourth-order valence-electron chi connectivity index (χ4n) is 2.09. The zero-order valence-corrected chi connectivity index (χ0v) is 12.5. The van der Waals surface area contributed by atoms with E-state index in [0.29, 0.717) is 5.56 Å². The average Bonchev–Trinajstić information content (AvgIpc) is 2.48. The van der Waals surface area contributed by atoms with Gasteiger partial charge in [-0.05, 0) is 31.0 Å². The Bertz CT molecular complexity index is 706. The first-order valence-electron chi connectivity index (χ1n) is 6.72. The Morgan fingerprint density at radius 1 is 1.23 bits per heavy atom. The predicted octanol–water partition coefficient (Wildman–Crippen LogP) is 4.55. The molecule has 0 unspecified atom stereocenters. The molecule has 2 rings (SSSR count). The molecule has 1 heterocycles. The van der Waals surface area contributed by atoms with Crippen LogP contribution in [0.2, 0.25) is 0 Å². The topological polar surface area (TPSA) is 37.8 Å². The number of nitrogens with zero attached hydrogens (tertiary/aromatic N) is 2. The highest BCUT2D eigenvalue weighted by atomic mass is 19.4. The molecule has 1 N–H and O–H groups in total. The van der Waals surface area contributed by atoms with Gasteiger partial charge >= 0.3 is 6.18 Å². The number of aromatic nitrogens is 2. The first-order valence-corrected chi connectivity index (χ1v) is 6.72. The summed E-state index contributed by atoms with van der Waals surface area (Å²) in [7, 11) is 1.41. The summed E-state index contributed by atoms with van der Waals surface area (Å²) in [6.07, 6.45) is 0.127. The molecule has 0 fully saturated rings. The molecule has 0 aliphatic carbocycles. The van der Waals surface area contributed by atoms with E-state index < -0.39 is 11.7 Å². The van der Waals surface area contributed by atoms with Gasteiger partial charge in [0.25, 0.3) is 0 Å². The monoisotopic (exact) mass is 307 g/mol. The zero-order valence-electron chi connectivity index (χ0n) is 12.5. The molecule has 22 heavy (non-hydrogen) atoms. The molecule has 0 aliphatic rings. The lowest BCUT2D eigenvalue weighted by atomic mass is 10.0. The minimum Gasteiger partial charge on any atom is -0.373 e. The fourth-order valence-corrected chi connectivity index (χ4v) is 2.09. The predicted molar refractivity (Wildman–Crippen MR) is 81.5 cm³/mol. The van der Waals surface area contributed by atoms with Gasteiger partial charge in [0.1, 0.15) is 11.4 Å². The number of nitrogens with one attached hydrogen (secondary N) is 1. The Hall–Kier alpha value is -2.37. The van der Waals surface area contributed by atoms with Crippen molar-refractivity contribution < 1.29 is 13.2 Å². The second kappa shape index (κ2) is 6.17. The van der Waals surface area contributed by atoms with E-state index in [9.17, 15) is 13.2 Å². The molecule has 2 aromatic rings. The molecule has 1 aromatic heterocycles. The molecular formula is C16H16F3N3. The van der Waals surface area contributed by atoms with Gasteiger partial charge in [-0.15, -0.1) is 0 Å². The summed E-state index contributed by atoms with van der Waals surface area (Å²) < 4.78 is 38.7. The van der Waals surface area contributed by atoms with Crippen molar-refractivity contribution in [2.75, 3.05) is 12.4 Å². The van der Waals surface area contributed by atoms with E-state index in [1.165, 1.54) is 7.05 Å². The van der Waals surface area contributed by atoms with Crippen molar-refractivity contribution in [2.24, 2.45) is 0 Å². The number of aryl methyl sites for hydroxylation is 1. The average molecular weight is 307 g/mol. The molecule has 0 saturated heterocycles. The molecule has 0 bridgehead atoms. The quantitative estimate of drug-likeness (QED) is 0.904. The number of alkyl halides is 3. The van der Waals surface area contributed by atoms with E-state index in [-0.39, 0.29) is 11.6 Å². The lowest BCUT2D eigenvalue weighted by Crippen LogP contribution is -2.12. The molecule has 3 nitrogen and oxygen atoms in total. The van der Waals surface area contributed by atoms with Crippen LogP contribution in [0.3, 0.4) is 0 Å². The smallest absolute Gasteiger partial charge is 0.373 e. The summed E-state index contributed by atoms with van der Waals surface area (Å²) in [5.41, 5.74) is 1.68.